The molecule has 0 fully saturated rings. The number of aliphatic hydroxyl groups is 1. The Hall–Kier alpha value is -4.20. The molecule has 0 saturated heterocycles. The van der Waals surface area contributed by atoms with Gasteiger partial charge in [0.05, 0.1) is 33.6 Å². The highest BCUT2D eigenvalue weighted by Crippen LogP contribution is 2.41. The van der Waals surface area contributed by atoms with Crippen LogP contribution in [0.4, 0.5) is 0 Å². The number of alkyl halides is 1. The molecule has 1 unspecified atom stereocenters. The van der Waals surface area contributed by atoms with Gasteiger partial charge in [0.1, 0.15) is 5.82 Å². The fourth-order valence-electron chi connectivity index (χ4n) is 5.14. The van der Waals surface area contributed by atoms with Gasteiger partial charge < -0.3 is 20.5 Å². The molecule has 1 aromatic heterocycles. The van der Waals surface area contributed by atoms with E-state index in [1.54, 1.807) is 26.0 Å². The predicted molar refractivity (Wildman–Crippen MR) is 157 cm³/mol. The standard InChI is InChI=1S/C32H30ClN3O4/c1-32(2,40)18-27(19-9-4-3-5-10-19)36-30(37)20-15-16-21(23(17-20)31(38)39)28-22(11-8-12-24(28)33)29-34-25-13-6-7-14-26(25)35-29/h3-17,24,27-28,40H,18H2,1-2H3,(H,34,35)(H,36,37)(H,38,39)/t24-,27+,28?/m0/s1. The van der Waals surface area contributed by atoms with E-state index in [4.69, 9.17) is 16.6 Å². The van der Waals surface area contributed by atoms with E-state index in [1.165, 1.54) is 6.07 Å². The van der Waals surface area contributed by atoms with Crippen LogP contribution in [0.2, 0.25) is 0 Å². The molecule has 1 aliphatic carbocycles. The summed E-state index contributed by atoms with van der Waals surface area (Å²) in [5.74, 6) is -1.51. The lowest BCUT2D eigenvalue weighted by atomic mass is 9.81. The highest BCUT2D eigenvalue weighted by molar-refractivity contribution is 6.23. The van der Waals surface area contributed by atoms with E-state index in [0.29, 0.717) is 11.4 Å². The normalized spacial score (nSPS) is 17.9. The Balaban J connectivity index is 1.49. The summed E-state index contributed by atoms with van der Waals surface area (Å²) in [7, 11) is 0. The Morgan fingerprint density at radius 2 is 1.80 bits per heavy atom. The molecule has 1 aliphatic rings. The van der Waals surface area contributed by atoms with Crippen molar-refractivity contribution in [3.05, 3.63) is 119 Å². The number of allylic oxidation sites excluding steroid dienone is 4. The smallest absolute Gasteiger partial charge is 0.336 e. The molecule has 4 N–H and O–H groups in total. The zero-order valence-electron chi connectivity index (χ0n) is 22.1. The largest absolute Gasteiger partial charge is 0.478 e. The number of benzene rings is 3. The number of nitrogens with zero attached hydrogens (tertiary/aromatic N) is 1. The molecule has 4 aromatic rings. The average Bonchev–Trinajstić information content (AvgIpc) is 3.36. The van der Waals surface area contributed by atoms with E-state index >= 15 is 0 Å². The molecule has 5 rings (SSSR count). The third-order valence-electron chi connectivity index (χ3n) is 6.98. The lowest BCUT2D eigenvalue weighted by Gasteiger charge is -2.27. The summed E-state index contributed by atoms with van der Waals surface area (Å²) < 4.78 is 0. The summed E-state index contributed by atoms with van der Waals surface area (Å²) in [6.07, 6.45) is 5.81. The Bertz CT molecular complexity index is 1590. The van der Waals surface area contributed by atoms with Crippen molar-refractivity contribution >= 4 is 40.1 Å². The van der Waals surface area contributed by atoms with Crippen molar-refractivity contribution in [1.29, 1.82) is 0 Å². The molecule has 1 heterocycles. The minimum Gasteiger partial charge on any atom is -0.478 e. The van der Waals surface area contributed by atoms with Crippen molar-refractivity contribution in [3.8, 4) is 0 Å². The maximum atomic E-state index is 13.4. The number of para-hydroxylation sites is 2. The topological polar surface area (TPSA) is 115 Å². The lowest BCUT2D eigenvalue weighted by molar-refractivity contribution is 0.0569. The lowest BCUT2D eigenvalue weighted by Crippen LogP contribution is -2.34. The molecule has 0 aliphatic heterocycles. The van der Waals surface area contributed by atoms with Crippen molar-refractivity contribution in [3.63, 3.8) is 0 Å². The zero-order chi connectivity index (χ0) is 28.4. The number of amides is 1. The number of aromatic carboxylic acids is 1. The number of H-pyrrole nitrogens is 1. The van der Waals surface area contributed by atoms with Gasteiger partial charge in [0.2, 0.25) is 0 Å². The number of fused-ring (bicyclic) bond motifs is 1. The van der Waals surface area contributed by atoms with E-state index < -0.39 is 34.8 Å². The number of aromatic nitrogens is 2. The molecule has 3 atom stereocenters. The van der Waals surface area contributed by atoms with Crippen LogP contribution in [0.1, 0.15) is 69.9 Å². The first kappa shape index (κ1) is 27.4. The van der Waals surface area contributed by atoms with Crippen molar-refractivity contribution in [2.75, 3.05) is 0 Å². The van der Waals surface area contributed by atoms with Gasteiger partial charge in [-0.15, -0.1) is 11.6 Å². The Labute approximate surface area is 237 Å². The minimum atomic E-state index is -1.16. The van der Waals surface area contributed by atoms with Gasteiger partial charge in [-0.2, -0.15) is 0 Å². The molecule has 0 saturated carbocycles. The molecule has 204 valence electrons. The van der Waals surface area contributed by atoms with Gasteiger partial charge in [-0.05, 0) is 55.7 Å². The number of carbonyl (C=O) groups excluding carboxylic acids is 1. The minimum absolute atomic E-state index is 0.0145. The Morgan fingerprint density at radius 3 is 2.50 bits per heavy atom. The summed E-state index contributed by atoms with van der Waals surface area (Å²) >= 11 is 6.77. The first-order chi connectivity index (χ1) is 19.1. The summed E-state index contributed by atoms with van der Waals surface area (Å²) in [5, 5.41) is 23.1. The first-order valence-corrected chi connectivity index (χ1v) is 13.5. The van der Waals surface area contributed by atoms with Gasteiger partial charge in [-0.25, -0.2) is 9.78 Å². The fraction of sp³-hybridized carbons (Fsp3) is 0.219. The number of nitrogens with one attached hydrogen (secondary N) is 2. The van der Waals surface area contributed by atoms with Gasteiger partial charge >= 0.3 is 5.97 Å². The van der Waals surface area contributed by atoms with Crippen molar-refractivity contribution in [1.82, 2.24) is 15.3 Å². The SMILES string of the molecule is CC(C)(O)C[C@@H](NC(=O)c1ccc(C2C(c3nc4ccccc4[nH]3)=CC=C[C@@H]2Cl)c(C(=O)O)c1)c1ccccc1. The monoisotopic (exact) mass is 555 g/mol. The molecule has 7 nitrogen and oxygen atoms in total. The third-order valence-corrected chi connectivity index (χ3v) is 7.38. The quantitative estimate of drug-likeness (QED) is 0.192. The molecule has 0 spiro atoms. The Morgan fingerprint density at radius 1 is 1.07 bits per heavy atom. The molecule has 3 aromatic carbocycles. The second kappa shape index (κ2) is 11.1. The van der Waals surface area contributed by atoms with Gasteiger partial charge in [0.25, 0.3) is 5.91 Å². The molecule has 8 heteroatoms. The number of hydrogen-bond acceptors (Lipinski definition) is 4. The second-order valence-corrected chi connectivity index (χ2v) is 11.1. The number of aromatic amines is 1. The number of carbonyl (C=O) groups is 2. The highest BCUT2D eigenvalue weighted by Gasteiger charge is 2.32. The van der Waals surface area contributed by atoms with Crippen molar-refractivity contribution < 1.29 is 19.8 Å². The summed E-state index contributed by atoms with van der Waals surface area (Å²) in [6.45, 7) is 3.36. The van der Waals surface area contributed by atoms with Gasteiger partial charge in [-0.3, -0.25) is 4.79 Å². The van der Waals surface area contributed by atoms with E-state index in [9.17, 15) is 19.8 Å². The van der Waals surface area contributed by atoms with Crippen LogP contribution in [-0.4, -0.2) is 43.0 Å². The molecule has 0 bridgehead atoms. The summed E-state index contributed by atoms with van der Waals surface area (Å²) in [6, 6.07) is 21.2. The van der Waals surface area contributed by atoms with Crippen LogP contribution in [0, 0.1) is 0 Å². The van der Waals surface area contributed by atoms with Crippen LogP contribution >= 0.6 is 11.6 Å². The van der Waals surface area contributed by atoms with Gasteiger partial charge in [0, 0.05) is 17.1 Å². The van der Waals surface area contributed by atoms with Gasteiger partial charge in [-0.1, -0.05) is 66.8 Å². The fourth-order valence-corrected chi connectivity index (χ4v) is 5.49. The number of carboxylic acid groups (broad SMARTS) is 1. The van der Waals surface area contributed by atoms with E-state index in [0.717, 1.165) is 22.2 Å². The number of halogens is 1. The third kappa shape index (κ3) is 5.86. The van der Waals surface area contributed by atoms with Crippen molar-refractivity contribution in [2.24, 2.45) is 0 Å². The number of rotatable bonds is 8. The highest BCUT2D eigenvalue weighted by atomic mass is 35.5. The maximum absolute atomic E-state index is 13.4. The molecular formula is C32H30ClN3O4. The van der Waals surface area contributed by atoms with Crippen LogP contribution in [0.15, 0.2) is 91.0 Å². The van der Waals surface area contributed by atoms with Gasteiger partial charge in [0.15, 0.2) is 0 Å². The van der Waals surface area contributed by atoms with Crippen LogP contribution in [-0.2, 0) is 0 Å². The van der Waals surface area contributed by atoms with Crippen LogP contribution in [0.25, 0.3) is 16.6 Å². The zero-order valence-corrected chi connectivity index (χ0v) is 22.9. The van der Waals surface area contributed by atoms with Crippen LogP contribution < -0.4 is 5.32 Å². The number of carboxylic acids is 1. The van der Waals surface area contributed by atoms with E-state index in [2.05, 4.69) is 10.3 Å². The number of imidazole rings is 1. The van der Waals surface area contributed by atoms with E-state index in [-0.39, 0.29) is 17.5 Å². The molecule has 0 radical (unpaired) electrons. The predicted octanol–water partition coefficient (Wildman–Crippen LogP) is 6.24. The maximum Gasteiger partial charge on any atom is 0.336 e. The molecule has 40 heavy (non-hydrogen) atoms. The second-order valence-electron chi connectivity index (χ2n) is 10.6. The first-order valence-electron chi connectivity index (χ1n) is 13.0. The molecule has 1 amide bonds. The summed E-state index contributed by atoms with van der Waals surface area (Å²) in [4.78, 5) is 33.9. The molecular weight excluding hydrogens is 526 g/mol. The average molecular weight is 556 g/mol. The van der Waals surface area contributed by atoms with Crippen LogP contribution in [0.3, 0.4) is 0 Å². The van der Waals surface area contributed by atoms with Crippen molar-refractivity contribution in [2.45, 2.75) is 43.2 Å². The summed E-state index contributed by atoms with van der Waals surface area (Å²) in [5.41, 5.74) is 2.89. The Kier molecular flexibility index (Phi) is 7.61. The number of hydrogen-bond donors (Lipinski definition) is 4. The van der Waals surface area contributed by atoms with E-state index in [1.807, 2.05) is 72.8 Å². The van der Waals surface area contributed by atoms with Crippen LogP contribution in [0.5, 0.6) is 0 Å².